The van der Waals surface area contributed by atoms with Crippen molar-refractivity contribution in [2.75, 3.05) is 30.4 Å². The summed E-state index contributed by atoms with van der Waals surface area (Å²) in [5.74, 6) is 1.81. The Labute approximate surface area is 116 Å². The Balaban J connectivity index is 2.71. The summed E-state index contributed by atoms with van der Waals surface area (Å²) >= 11 is 0. The van der Waals surface area contributed by atoms with E-state index in [1.165, 1.54) is 12.8 Å². The topological polar surface area (TPSA) is 67.1 Å². The van der Waals surface area contributed by atoms with Gasteiger partial charge in [-0.15, -0.1) is 0 Å². The van der Waals surface area contributed by atoms with Crippen LogP contribution in [0.25, 0.3) is 0 Å². The molecule has 0 saturated carbocycles. The number of hydrogen-bond acceptors (Lipinski definition) is 5. The maximum Gasteiger partial charge on any atom is 0.133 e. The quantitative estimate of drug-likeness (QED) is 0.754. The van der Waals surface area contributed by atoms with Gasteiger partial charge in [0.2, 0.25) is 0 Å². The highest BCUT2D eigenvalue weighted by atomic mass is 15.2. The fourth-order valence-electron chi connectivity index (χ4n) is 1.90. The molecule has 1 heterocycles. The van der Waals surface area contributed by atoms with Crippen LogP contribution in [0.3, 0.4) is 0 Å². The smallest absolute Gasteiger partial charge is 0.133 e. The third-order valence-electron chi connectivity index (χ3n) is 3.13. The van der Waals surface area contributed by atoms with E-state index in [4.69, 9.17) is 5.73 Å². The van der Waals surface area contributed by atoms with Crippen LogP contribution < -0.4 is 16.0 Å². The first kappa shape index (κ1) is 15.7. The van der Waals surface area contributed by atoms with Crippen molar-refractivity contribution in [3.63, 3.8) is 0 Å². The lowest BCUT2D eigenvalue weighted by molar-refractivity contribution is 0.524. The Morgan fingerprint density at radius 3 is 2.74 bits per heavy atom. The minimum atomic E-state index is -0.0532. The average Bonchev–Trinajstić information content (AvgIpc) is 2.35. The van der Waals surface area contributed by atoms with E-state index in [9.17, 15) is 0 Å². The summed E-state index contributed by atoms with van der Waals surface area (Å²) in [5.41, 5.74) is 5.57. The summed E-state index contributed by atoms with van der Waals surface area (Å²) < 4.78 is 0. The third kappa shape index (κ3) is 5.42. The number of hydrogen-bond donors (Lipinski definition) is 2. The Bertz CT molecular complexity index is 378. The van der Waals surface area contributed by atoms with E-state index >= 15 is 0 Å². The third-order valence-corrected chi connectivity index (χ3v) is 3.13. The summed E-state index contributed by atoms with van der Waals surface area (Å²) in [6, 6.07) is 1.99. The first-order valence-electron chi connectivity index (χ1n) is 7.00. The Morgan fingerprint density at radius 1 is 1.37 bits per heavy atom. The van der Waals surface area contributed by atoms with Crippen molar-refractivity contribution in [3.05, 3.63) is 12.4 Å². The van der Waals surface area contributed by atoms with Gasteiger partial charge in [0.1, 0.15) is 18.0 Å². The molecule has 0 aliphatic rings. The lowest BCUT2D eigenvalue weighted by atomic mass is 10.0. The largest absolute Gasteiger partial charge is 0.365 e. The van der Waals surface area contributed by atoms with E-state index in [-0.39, 0.29) is 5.54 Å². The van der Waals surface area contributed by atoms with Crippen LogP contribution in [0.15, 0.2) is 12.4 Å². The molecule has 1 rings (SSSR count). The van der Waals surface area contributed by atoms with Crippen molar-refractivity contribution in [3.8, 4) is 0 Å². The summed E-state index contributed by atoms with van der Waals surface area (Å²) in [6.07, 6.45) is 4.86. The molecule has 5 heteroatoms. The molecule has 0 amide bonds. The molecular formula is C14H27N5. The molecule has 0 spiro atoms. The fraction of sp³-hybridized carbons (Fsp3) is 0.714. The maximum atomic E-state index is 5.62. The second kappa shape index (κ2) is 7.28. The van der Waals surface area contributed by atoms with Gasteiger partial charge in [-0.3, -0.25) is 0 Å². The summed E-state index contributed by atoms with van der Waals surface area (Å²) in [6.45, 7) is 8.12. The summed E-state index contributed by atoms with van der Waals surface area (Å²) in [4.78, 5) is 10.8. The zero-order valence-electron chi connectivity index (χ0n) is 12.6. The van der Waals surface area contributed by atoms with Crippen LogP contribution in [0.4, 0.5) is 11.6 Å². The normalized spacial score (nSPS) is 11.4. The molecule has 108 valence electrons. The van der Waals surface area contributed by atoms with Crippen LogP contribution in [0.2, 0.25) is 0 Å². The lowest BCUT2D eigenvalue weighted by Crippen LogP contribution is -2.34. The van der Waals surface area contributed by atoms with E-state index in [0.717, 1.165) is 24.6 Å². The number of aromatic nitrogens is 2. The molecule has 0 saturated heterocycles. The Hall–Kier alpha value is -1.36. The van der Waals surface area contributed by atoms with E-state index in [0.29, 0.717) is 6.54 Å². The highest BCUT2D eigenvalue weighted by Gasteiger charge is 2.17. The van der Waals surface area contributed by atoms with Gasteiger partial charge in [0.05, 0.1) is 0 Å². The first-order valence-corrected chi connectivity index (χ1v) is 7.00. The van der Waals surface area contributed by atoms with Crippen molar-refractivity contribution in [1.29, 1.82) is 0 Å². The molecule has 1 aromatic rings. The first-order chi connectivity index (χ1) is 8.98. The van der Waals surface area contributed by atoms with Gasteiger partial charge in [-0.05, 0) is 33.2 Å². The number of unbranched alkanes of at least 4 members (excludes halogenated alkanes) is 1. The number of nitrogens with two attached hydrogens (primary N) is 1. The maximum absolute atomic E-state index is 5.62. The van der Waals surface area contributed by atoms with E-state index in [2.05, 4.69) is 48.0 Å². The fourth-order valence-corrected chi connectivity index (χ4v) is 1.90. The number of anilines is 2. The standard InChI is InChI=1S/C14H27N5/c1-5-6-9-19(4)13-10-12(16-11-17-13)18-14(2,3)7-8-15/h10-11H,5-9,15H2,1-4H3,(H,16,17,18). The molecule has 3 N–H and O–H groups in total. The highest BCUT2D eigenvalue weighted by molar-refractivity contribution is 5.49. The molecule has 0 unspecified atom stereocenters. The summed E-state index contributed by atoms with van der Waals surface area (Å²) in [7, 11) is 2.06. The average molecular weight is 265 g/mol. The molecule has 0 aliphatic carbocycles. The van der Waals surface area contributed by atoms with E-state index in [1.54, 1.807) is 6.33 Å². The van der Waals surface area contributed by atoms with Crippen LogP contribution in [0, 0.1) is 0 Å². The molecule has 0 fully saturated rings. The number of rotatable bonds is 8. The molecule has 19 heavy (non-hydrogen) atoms. The second-order valence-corrected chi connectivity index (χ2v) is 5.58. The molecular weight excluding hydrogens is 238 g/mol. The molecule has 0 bridgehead atoms. The van der Waals surface area contributed by atoms with Gasteiger partial charge in [0.25, 0.3) is 0 Å². The van der Waals surface area contributed by atoms with Crippen LogP contribution >= 0.6 is 0 Å². The SMILES string of the molecule is CCCCN(C)c1cc(NC(C)(C)CCN)ncn1. The zero-order chi connectivity index (χ0) is 14.3. The molecule has 0 aromatic carbocycles. The van der Waals surface area contributed by atoms with Gasteiger partial charge in [0, 0.05) is 25.2 Å². The van der Waals surface area contributed by atoms with Gasteiger partial charge in [-0.1, -0.05) is 13.3 Å². The minimum Gasteiger partial charge on any atom is -0.365 e. The van der Waals surface area contributed by atoms with Crippen LogP contribution in [-0.2, 0) is 0 Å². The lowest BCUT2D eigenvalue weighted by Gasteiger charge is -2.27. The van der Waals surface area contributed by atoms with Crippen molar-refractivity contribution in [1.82, 2.24) is 9.97 Å². The summed E-state index contributed by atoms with van der Waals surface area (Å²) in [5, 5.41) is 3.41. The Morgan fingerprint density at radius 2 is 2.11 bits per heavy atom. The van der Waals surface area contributed by atoms with Crippen molar-refractivity contribution in [2.45, 2.75) is 45.6 Å². The van der Waals surface area contributed by atoms with Crippen molar-refractivity contribution in [2.24, 2.45) is 5.73 Å². The highest BCUT2D eigenvalue weighted by Crippen LogP contribution is 2.18. The van der Waals surface area contributed by atoms with Crippen molar-refractivity contribution >= 4 is 11.6 Å². The van der Waals surface area contributed by atoms with Crippen LogP contribution in [-0.4, -0.2) is 35.6 Å². The van der Waals surface area contributed by atoms with Gasteiger partial charge in [0.15, 0.2) is 0 Å². The molecule has 0 radical (unpaired) electrons. The van der Waals surface area contributed by atoms with Gasteiger partial charge >= 0.3 is 0 Å². The van der Waals surface area contributed by atoms with Crippen LogP contribution in [0.5, 0.6) is 0 Å². The number of nitrogens with one attached hydrogen (secondary N) is 1. The zero-order valence-corrected chi connectivity index (χ0v) is 12.6. The van der Waals surface area contributed by atoms with Gasteiger partial charge in [-0.2, -0.15) is 0 Å². The molecule has 0 atom stereocenters. The molecule has 1 aromatic heterocycles. The van der Waals surface area contributed by atoms with Gasteiger partial charge in [-0.25, -0.2) is 9.97 Å². The molecule has 5 nitrogen and oxygen atoms in total. The predicted octanol–water partition coefficient (Wildman–Crippen LogP) is 2.25. The minimum absolute atomic E-state index is 0.0532. The monoisotopic (exact) mass is 265 g/mol. The van der Waals surface area contributed by atoms with Crippen molar-refractivity contribution < 1.29 is 0 Å². The van der Waals surface area contributed by atoms with E-state index in [1.807, 2.05) is 6.07 Å². The van der Waals surface area contributed by atoms with Gasteiger partial charge < -0.3 is 16.0 Å². The second-order valence-electron chi connectivity index (χ2n) is 5.58. The van der Waals surface area contributed by atoms with Crippen LogP contribution in [0.1, 0.15) is 40.0 Å². The number of nitrogens with zero attached hydrogens (tertiary/aromatic N) is 3. The molecule has 0 aliphatic heterocycles. The predicted molar refractivity (Wildman–Crippen MR) is 81.6 cm³/mol. The Kier molecular flexibility index (Phi) is 6.02. The van der Waals surface area contributed by atoms with E-state index < -0.39 is 0 Å².